The quantitative estimate of drug-likeness (QED) is 0.806. The van der Waals surface area contributed by atoms with Gasteiger partial charge in [0.05, 0.1) is 11.4 Å². The van der Waals surface area contributed by atoms with Crippen LogP contribution in [0.1, 0.15) is 25.0 Å². The van der Waals surface area contributed by atoms with Gasteiger partial charge in [-0.2, -0.15) is 5.10 Å². The molecule has 2 aliphatic heterocycles. The van der Waals surface area contributed by atoms with Crippen LogP contribution in [0.5, 0.6) is 0 Å². The number of anilines is 2. The molecule has 1 unspecified atom stereocenters. The number of nitrogens with two attached hydrogens (primary N) is 1. The second kappa shape index (κ2) is 4.46. The molecule has 1 aromatic rings. The molecule has 3 heterocycles. The lowest BCUT2D eigenvalue weighted by Crippen LogP contribution is -2.37. The summed E-state index contributed by atoms with van der Waals surface area (Å²) in [4.78, 5) is 5.07. The highest BCUT2D eigenvalue weighted by molar-refractivity contribution is 5.66. The molecule has 2 N–H and O–H groups in total. The Balaban J connectivity index is 1.87. The fourth-order valence-electron chi connectivity index (χ4n) is 3.44. The maximum atomic E-state index is 6.18. The van der Waals surface area contributed by atoms with Crippen molar-refractivity contribution in [2.75, 3.05) is 36.8 Å². The Morgan fingerprint density at radius 2 is 2.00 bits per heavy atom. The number of aromatic nitrogens is 2. The minimum atomic E-state index is 0.710. The third kappa shape index (κ3) is 1.86. The molecule has 0 amide bonds. The summed E-state index contributed by atoms with van der Waals surface area (Å²) in [5, 5.41) is 4.44. The second-order valence-electron chi connectivity index (χ2n) is 5.58. The first-order valence-corrected chi connectivity index (χ1v) is 6.95. The van der Waals surface area contributed by atoms with Crippen molar-refractivity contribution >= 4 is 11.5 Å². The first-order valence-electron chi connectivity index (χ1n) is 6.95. The van der Waals surface area contributed by atoms with E-state index in [-0.39, 0.29) is 0 Å². The molecule has 5 nitrogen and oxygen atoms in total. The minimum Gasteiger partial charge on any atom is -0.394 e. The van der Waals surface area contributed by atoms with Crippen molar-refractivity contribution in [2.24, 2.45) is 7.05 Å². The van der Waals surface area contributed by atoms with E-state index < -0.39 is 0 Å². The molecule has 18 heavy (non-hydrogen) atoms. The number of hydrogen-bond acceptors (Lipinski definition) is 4. The number of hydrogen-bond donors (Lipinski definition) is 1. The Kier molecular flexibility index (Phi) is 2.93. The summed E-state index contributed by atoms with van der Waals surface area (Å²) < 4.78 is 1.94. The molecule has 0 radical (unpaired) electrons. The monoisotopic (exact) mass is 249 g/mol. The standard InChI is InChI=1S/C13H23N5/c1-10-12(14)13(16(2)15-10)18-8-4-7-17-6-3-5-11(17)9-18/h11H,3-9,14H2,1-2H3. The van der Waals surface area contributed by atoms with Crippen LogP contribution in [0.15, 0.2) is 0 Å². The zero-order chi connectivity index (χ0) is 12.7. The lowest BCUT2D eigenvalue weighted by atomic mass is 10.2. The Hall–Kier alpha value is -1.23. The van der Waals surface area contributed by atoms with Crippen LogP contribution in [0.25, 0.3) is 0 Å². The topological polar surface area (TPSA) is 50.3 Å². The molecule has 2 fully saturated rings. The molecule has 1 atom stereocenters. The lowest BCUT2D eigenvalue weighted by molar-refractivity contribution is 0.273. The van der Waals surface area contributed by atoms with E-state index in [1.807, 2.05) is 18.7 Å². The third-order valence-corrected chi connectivity index (χ3v) is 4.34. The summed E-state index contributed by atoms with van der Waals surface area (Å²) in [6, 6.07) is 0.710. The van der Waals surface area contributed by atoms with E-state index in [1.54, 1.807) is 0 Å². The molecule has 2 saturated heterocycles. The molecule has 3 rings (SSSR count). The lowest BCUT2D eigenvalue weighted by Gasteiger charge is -2.27. The summed E-state index contributed by atoms with van der Waals surface area (Å²) >= 11 is 0. The molecule has 0 bridgehead atoms. The van der Waals surface area contributed by atoms with E-state index in [9.17, 15) is 0 Å². The Labute approximate surface area is 109 Å². The third-order valence-electron chi connectivity index (χ3n) is 4.34. The van der Waals surface area contributed by atoms with Gasteiger partial charge in [0.1, 0.15) is 5.82 Å². The molecular weight excluding hydrogens is 226 g/mol. The smallest absolute Gasteiger partial charge is 0.150 e. The number of aryl methyl sites for hydroxylation is 2. The molecule has 100 valence electrons. The maximum absolute atomic E-state index is 6.18. The van der Waals surface area contributed by atoms with Crippen LogP contribution in [-0.2, 0) is 7.05 Å². The van der Waals surface area contributed by atoms with Crippen LogP contribution in [0, 0.1) is 6.92 Å². The largest absolute Gasteiger partial charge is 0.394 e. The predicted octanol–water partition coefficient (Wildman–Crippen LogP) is 0.985. The number of nitrogens with zero attached hydrogens (tertiary/aromatic N) is 4. The van der Waals surface area contributed by atoms with Crippen LogP contribution in [0.3, 0.4) is 0 Å². The average Bonchev–Trinajstić information content (AvgIpc) is 2.79. The molecule has 0 saturated carbocycles. The molecule has 0 aromatic carbocycles. The van der Waals surface area contributed by atoms with E-state index in [0.717, 1.165) is 30.3 Å². The predicted molar refractivity (Wildman–Crippen MR) is 73.8 cm³/mol. The SMILES string of the molecule is Cc1nn(C)c(N2CCCN3CCCC3C2)c1N. The summed E-state index contributed by atoms with van der Waals surface area (Å²) in [7, 11) is 2.00. The van der Waals surface area contributed by atoms with Gasteiger partial charge in [-0.1, -0.05) is 0 Å². The van der Waals surface area contributed by atoms with Crippen molar-refractivity contribution < 1.29 is 0 Å². The van der Waals surface area contributed by atoms with E-state index in [2.05, 4.69) is 14.9 Å². The first kappa shape index (κ1) is 11.8. The van der Waals surface area contributed by atoms with Crippen LogP contribution < -0.4 is 10.6 Å². The molecule has 0 spiro atoms. The van der Waals surface area contributed by atoms with Gasteiger partial charge in [0, 0.05) is 32.7 Å². The molecule has 1 aromatic heterocycles. The van der Waals surface area contributed by atoms with Crippen LogP contribution in [0.4, 0.5) is 11.5 Å². The van der Waals surface area contributed by atoms with Crippen LogP contribution in [0.2, 0.25) is 0 Å². The molecular formula is C13H23N5. The molecule has 0 aliphatic carbocycles. The normalized spacial score (nSPS) is 25.2. The van der Waals surface area contributed by atoms with E-state index in [1.165, 1.54) is 32.4 Å². The summed E-state index contributed by atoms with van der Waals surface area (Å²) in [5.74, 6) is 1.11. The Morgan fingerprint density at radius 1 is 1.22 bits per heavy atom. The second-order valence-corrected chi connectivity index (χ2v) is 5.58. The van der Waals surface area contributed by atoms with Crippen molar-refractivity contribution in [2.45, 2.75) is 32.2 Å². The van der Waals surface area contributed by atoms with E-state index in [0.29, 0.717) is 6.04 Å². The highest BCUT2D eigenvalue weighted by Gasteiger charge is 2.30. The highest BCUT2D eigenvalue weighted by atomic mass is 15.4. The van der Waals surface area contributed by atoms with Gasteiger partial charge in [-0.25, -0.2) is 0 Å². The number of fused-ring (bicyclic) bond motifs is 1. The van der Waals surface area contributed by atoms with Crippen molar-refractivity contribution in [1.82, 2.24) is 14.7 Å². The Morgan fingerprint density at radius 3 is 2.72 bits per heavy atom. The highest BCUT2D eigenvalue weighted by Crippen LogP contribution is 2.29. The van der Waals surface area contributed by atoms with Crippen LogP contribution in [-0.4, -0.2) is 46.9 Å². The van der Waals surface area contributed by atoms with Gasteiger partial charge in [0.2, 0.25) is 0 Å². The molecule has 5 heteroatoms. The zero-order valence-electron chi connectivity index (χ0n) is 11.4. The van der Waals surface area contributed by atoms with Crippen molar-refractivity contribution in [1.29, 1.82) is 0 Å². The van der Waals surface area contributed by atoms with Crippen molar-refractivity contribution in [3.63, 3.8) is 0 Å². The summed E-state index contributed by atoms with van der Waals surface area (Å²) in [6.07, 6.45) is 3.89. The van der Waals surface area contributed by atoms with E-state index in [4.69, 9.17) is 5.73 Å². The zero-order valence-corrected chi connectivity index (χ0v) is 11.4. The van der Waals surface area contributed by atoms with E-state index >= 15 is 0 Å². The van der Waals surface area contributed by atoms with Gasteiger partial charge in [0.15, 0.2) is 0 Å². The van der Waals surface area contributed by atoms with Gasteiger partial charge in [-0.05, 0) is 32.7 Å². The Bertz CT molecular complexity index is 439. The van der Waals surface area contributed by atoms with Crippen LogP contribution >= 0.6 is 0 Å². The average molecular weight is 249 g/mol. The fourth-order valence-corrected chi connectivity index (χ4v) is 3.44. The van der Waals surface area contributed by atoms with Crippen molar-refractivity contribution in [3.8, 4) is 0 Å². The maximum Gasteiger partial charge on any atom is 0.150 e. The summed E-state index contributed by atoms with van der Waals surface area (Å²) in [5.41, 5.74) is 7.98. The van der Waals surface area contributed by atoms with Gasteiger partial charge in [-0.15, -0.1) is 0 Å². The van der Waals surface area contributed by atoms with Crippen molar-refractivity contribution in [3.05, 3.63) is 5.69 Å². The first-order chi connectivity index (χ1) is 8.66. The minimum absolute atomic E-state index is 0.710. The van der Waals surface area contributed by atoms with Gasteiger partial charge in [-0.3, -0.25) is 9.58 Å². The van der Waals surface area contributed by atoms with Gasteiger partial charge >= 0.3 is 0 Å². The van der Waals surface area contributed by atoms with Gasteiger partial charge < -0.3 is 10.6 Å². The fraction of sp³-hybridized carbons (Fsp3) is 0.769. The van der Waals surface area contributed by atoms with Gasteiger partial charge in [0.25, 0.3) is 0 Å². The number of nitrogen functional groups attached to an aromatic ring is 1. The number of rotatable bonds is 1. The summed E-state index contributed by atoms with van der Waals surface area (Å²) in [6.45, 7) is 6.69. The molecule has 2 aliphatic rings.